The van der Waals surface area contributed by atoms with Gasteiger partial charge in [-0.2, -0.15) is 0 Å². The molecule has 4 nitrogen and oxygen atoms in total. The van der Waals surface area contributed by atoms with Crippen LogP contribution in [-0.2, 0) is 9.53 Å². The van der Waals surface area contributed by atoms with Gasteiger partial charge in [-0.3, -0.25) is 9.69 Å². The molecular formula is C22H43NO3SSi. The molecular weight excluding hydrogens is 386 g/mol. The van der Waals surface area contributed by atoms with Gasteiger partial charge in [-0.1, -0.05) is 65.8 Å². The molecule has 0 aromatic rings. The molecule has 0 rings (SSSR count). The third-order valence-electron chi connectivity index (χ3n) is 4.49. The average Bonchev–Trinajstić information content (AvgIpc) is 2.59. The van der Waals surface area contributed by atoms with Gasteiger partial charge in [0.05, 0.1) is 18.5 Å². The third-order valence-corrected chi connectivity index (χ3v) is 6.73. The van der Waals surface area contributed by atoms with Gasteiger partial charge in [0.1, 0.15) is 0 Å². The molecule has 1 atom stereocenters. The second kappa shape index (κ2) is 15.1. The number of nitrogens with zero attached hydrogens (tertiary/aromatic N) is 1. The smallest absolute Gasteiger partial charge is 0.411 e. The van der Waals surface area contributed by atoms with Gasteiger partial charge in [0.25, 0.3) is 0 Å². The normalized spacial score (nSPS) is 13.1. The molecule has 164 valence electrons. The van der Waals surface area contributed by atoms with E-state index in [0.29, 0.717) is 24.8 Å². The minimum atomic E-state index is -1.26. The Bertz CT molecular complexity index is 475. The molecule has 0 saturated heterocycles. The summed E-state index contributed by atoms with van der Waals surface area (Å²) in [6.07, 6.45) is 11.6. The van der Waals surface area contributed by atoms with Gasteiger partial charge in [0.2, 0.25) is 0 Å². The number of amides is 1. The van der Waals surface area contributed by atoms with Crippen LogP contribution in [0.3, 0.4) is 0 Å². The molecule has 0 heterocycles. The van der Waals surface area contributed by atoms with E-state index in [4.69, 9.17) is 4.74 Å². The highest BCUT2D eigenvalue weighted by Gasteiger charge is 2.30. The number of hydrogen-bond donors (Lipinski definition) is 0. The van der Waals surface area contributed by atoms with Crippen molar-refractivity contribution in [3.63, 3.8) is 0 Å². The van der Waals surface area contributed by atoms with E-state index >= 15 is 0 Å². The molecule has 0 radical (unpaired) electrons. The van der Waals surface area contributed by atoms with Crippen LogP contribution in [0, 0.1) is 5.92 Å². The van der Waals surface area contributed by atoms with Crippen molar-refractivity contribution < 1.29 is 14.3 Å². The third kappa shape index (κ3) is 13.4. The van der Waals surface area contributed by atoms with Crippen molar-refractivity contribution in [2.75, 3.05) is 18.7 Å². The van der Waals surface area contributed by atoms with Gasteiger partial charge in [-0.15, -0.1) is 11.8 Å². The van der Waals surface area contributed by atoms with Crippen molar-refractivity contribution in [3.05, 3.63) is 12.2 Å². The Kier molecular flexibility index (Phi) is 14.7. The fourth-order valence-electron chi connectivity index (χ4n) is 2.78. The van der Waals surface area contributed by atoms with Crippen LogP contribution in [0.15, 0.2) is 12.2 Å². The molecule has 0 aromatic carbocycles. The molecule has 1 amide bonds. The second-order valence-corrected chi connectivity index (χ2v) is 15.6. The van der Waals surface area contributed by atoms with Crippen LogP contribution in [0.25, 0.3) is 0 Å². The molecule has 0 saturated carbocycles. The summed E-state index contributed by atoms with van der Waals surface area (Å²) in [5, 5.41) is 0. The standard InChI is InChI=1S/C22H43NO3SSi/c1-8-9-10-11-12-13-14-21(24)20(17-19(2)3)23(18-27-4)22(25)26-15-16-28(5,6)7/h13-14,19-20H,8-12,15-18H2,1-7H3/b14-13+/t20-/m0/s1. The number of carbonyl (C=O) groups excluding carboxylic acids is 2. The summed E-state index contributed by atoms with van der Waals surface area (Å²) in [6, 6.07) is 0.491. The zero-order valence-corrected chi connectivity index (χ0v) is 21.1. The van der Waals surface area contributed by atoms with E-state index < -0.39 is 14.1 Å². The zero-order valence-electron chi connectivity index (χ0n) is 19.3. The number of ketones is 1. The first kappa shape index (κ1) is 27.2. The summed E-state index contributed by atoms with van der Waals surface area (Å²) >= 11 is 1.54. The molecule has 0 aliphatic heterocycles. The maximum Gasteiger partial charge on any atom is 0.411 e. The summed E-state index contributed by atoms with van der Waals surface area (Å²) in [5.74, 6) is 0.811. The molecule has 0 fully saturated rings. The topological polar surface area (TPSA) is 46.6 Å². The summed E-state index contributed by atoms with van der Waals surface area (Å²) in [4.78, 5) is 27.2. The Morgan fingerprint density at radius 3 is 2.36 bits per heavy atom. The van der Waals surface area contributed by atoms with Gasteiger partial charge >= 0.3 is 6.09 Å². The minimum absolute atomic E-state index is 0.0142. The lowest BCUT2D eigenvalue weighted by molar-refractivity contribution is -0.119. The van der Waals surface area contributed by atoms with Gasteiger partial charge < -0.3 is 4.74 Å². The maximum absolute atomic E-state index is 12.9. The number of unbranched alkanes of at least 4 members (excludes halogenated alkanes) is 4. The molecule has 0 unspecified atom stereocenters. The summed E-state index contributed by atoms with van der Waals surface area (Å²) in [6.45, 7) is 13.6. The fourth-order valence-corrected chi connectivity index (χ4v) is 4.06. The second-order valence-electron chi connectivity index (χ2n) is 9.11. The first-order chi connectivity index (χ1) is 13.1. The lowest BCUT2D eigenvalue weighted by atomic mass is 9.98. The monoisotopic (exact) mass is 429 g/mol. The van der Waals surface area contributed by atoms with Crippen LogP contribution in [0.1, 0.15) is 59.3 Å². The summed E-state index contributed by atoms with van der Waals surface area (Å²) in [5.41, 5.74) is 0. The largest absolute Gasteiger partial charge is 0.450 e. The average molecular weight is 430 g/mol. The highest BCUT2D eigenvalue weighted by atomic mass is 32.2. The molecule has 0 aliphatic carbocycles. The highest BCUT2D eigenvalue weighted by Crippen LogP contribution is 2.18. The van der Waals surface area contributed by atoms with E-state index in [-0.39, 0.29) is 11.9 Å². The van der Waals surface area contributed by atoms with E-state index in [0.717, 1.165) is 18.9 Å². The SMILES string of the molecule is CCCCCC/C=C/C(=O)[C@H](CC(C)C)N(CSC)C(=O)OCC[Si](C)(C)C. The Labute approximate surface area is 178 Å². The number of thioether (sulfide) groups is 1. The Morgan fingerprint density at radius 1 is 1.14 bits per heavy atom. The number of allylic oxidation sites excluding steroid dienone is 1. The Hall–Kier alpha value is -0.753. The van der Waals surface area contributed by atoms with Crippen molar-refractivity contribution in [1.29, 1.82) is 0 Å². The van der Waals surface area contributed by atoms with Crippen LogP contribution < -0.4 is 0 Å². The van der Waals surface area contributed by atoms with E-state index in [1.54, 1.807) is 22.7 Å². The van der Waals surface area contributed by atoms with Crippen molar-refractivity contribution in [2.45, 2.75) is 91.0 Å². The van der Waals surface area contributed by atoms with Gasteiger partial charge in [-0.05, 0) is 43.6 Å². The lowest BCUT2D eigenvalue weighted by Crippen LogP contribution is -2.45. The van der Waals surface area contributed by atoms with Crippen LogP contribution >= 0.6 is 11.8 Å². The van der Waals surface area contributed by atoms with Gasteiger partial charge in [0.15, 0.2) is 5.78 Å². The molecule has 0 spiro atoms. The van der Waals surface area contributed by atoms with E-state index in [2.05, 4.69) is 40.4 Å². The predicted molar refractivity (Wildman–Crippen MR) is 126 cm³/mol. The molecule has 0 N–H and O–H groups in total. The van der Waals surface area contributed by atoms with Crippen LogP contribution in [-0.4, -0.2) is 49.6 Å². The number of carbonyl (C=O) groups is 2. The lowest BCUT2D eigenvalue weighted by Gasteiger charge is -2.30. The van der Waals surface area contributed by atoms with Crippen LogP contribution in [0.4, 0.5) is 4.79 Å². The van der Waals surface area contributed by atoms with E-state index in [1.165, 1.54) is 19.3 Å². The minimum Gasteiger partial charge on any atom is -0.450 e. The first-order valence-electron chi connectivity index (χ1n) is 10.7. The zero-order chi connectivity index (χ0) is 21.6. The Balaban J connectivity index is 5.01. The van der Waals surface area contributed by atoms with E-state index in [9.17, 15) is 9.59 Å². The Morgan fingerprint density at radius 2 is 1.82 bits per heavy atom. The van der Waals surface area contributed by atoms with Crippen molar-refractivity contribution in [2.24, 2.45) is 5.92 Å². The van der Waals surface area contributed by atoms with E-state index in [1.807, 2.05) is 12.3 Å². The quantitative estimate of drug-likeness (QED) is 0.127. The maximum atomic E-state index is 12.9. The number of rotatable bonds is 15. The van der Waals surface area contributed by atoms with Crippen molar-refractivity contribution >= 4 is 31.7 Å². The van der Waals surface area contributed by atoms with Crippen molar-refractivity contribution in [1.82, 2.24) is 4.90 Å². The molecule has 0 bridgehead atoms. The molecule has 28 heavy (non-hydrogen) atoms. The number of hydrogen-bond acceptors (Lipinski definition) is 4. The highest BCUT2D eigenvalue weighted by molar-refractivity contribution is 7.98. The fraction of sp³-hybridized carbons (Fsp3) is 0.818. The van der Waals surface area contributed by atoms with Gasteiger partial charge in [-0.25, -0.2) is 4.79 Å². The van der Waals surface area contributed by atoms with Crippen LogP contribution in [0.2, 0.25) is 25.7 Å². The molecule has 6 heteroatoms. The molecule has 0 aromatic heterocycles. The summed E-state index contributed by atoms with van der Waals surface area (Å²) < 4.78 is 5.55. The first-order valence-corrected chi connectivity index (χ1v) is 15.8. The molecule has 0 aliphatic rings. The number of ether oxygens (including phenoxy) is 1. The van der Waals surface area contributed by atoms with Crippen molar-refractivity contribution in [3.8, 4) is 0 Å². The summed E-state index contributed by atoms with van der Waals surface area (Å²) in [7, 11) is -1.26. The predicted octanol–water partition coefficient (Wildman–Crippen LogP) is 6.59. The van der Waals surface area contributed by atoms with Gasteiger partial charge in [0, 0.05) is 8.07 Å². The van der Waals surface area contributed by atoms with Crippen LogP contribution in [0.5, 0.6) is 0 Å².